The van der Waals surface area contributed by atoms with Crippen LogP contribution in [0.5, 0.6) is 11.5 Å². The van der Waals surface area contributed by atoms with Crippen molar-refractivity contribution < 1.29 is 14.3 Å². The lowest BCUT2D eigenvalue weighted by atomic mass is 10.1. The molecule has 124 valence electrons. The second-order valence-corrected chi connectivity index (χ2v) is 7.10. The fraction of sp³-hybridized carbons (Fsp3) is 0.400. The number of hydrogen-bond acceptors (Lipinski definition) is 6. The van der Waals surface area contributed by atoms with Crippen LogP contribution in [0.4, 0.5) is 5.13 Å². The lowest BCUT2D eigenvalue weighted by Gasteiger charge is -2.11. The maximum absolute atomic E-state index is 12.4. The Morgan fingerprint density at radius 3 is 2.39 bits per heavy atom. The number of carbonyl (C=O) groups is 1. The van der Waals surface area contributed by atoms with Crippen molar-refractivity contribution in [3.8, 4) is 11.5 Å². The quantitative estimate of drug-likeness (QED) is 0.799. The van der Waals surface area contributed by atoms with Crippen LogP contribution in [0.1, 0.15) is 29.2 Å². The first-order chi connectivity index (χ1) is 10.9. The van der Waals surface area contributed by atoms with Gasteiger partial charge in [0.2, 0.25) is 5.13 Å². The molecule has 2 rings (SSSR count). The van der Waals surface area contributed by atoms with E-state index in [-0.39, 0.29) is 5.91 Å². The molecule has 1 aromatic heterocycles. The molecule has 0 aliphatic carbocycles. The smallest absolute Gasteiger partial charge is 0.257 e. The van der Waals surface area contributed by atoms with Crippen molar-refractivity contribution in [2.24, 2.45) is 5.92 Å². The van der Waals surface area contributed by atoms with Gasteiger partial charge in [0.1, 0.15) is 21.0 Å². The van der Waals surface area contributed by atoms with Crippen LogP contribution in [0.3, 0.4) is 0 Å². The summed E-state index contributed by atoms with van der Waals surface area (Å²) in [5.41, 5.74) is 0.419. The van der Waals surface area contributed by atoms with Gasteiger partial charge in [-0.25, -0.2) is 0 Å². The van der Waals surface area contributed by atoms with E-state index in [1.807, 2.05) is 0 Å². The van der Waals surface area contributed by atoms with Crippen molar-refractivity contribution >= 4 is 38.3 Å². The lowest BCUT2D eigenvalue weighted by Crippen LogP contribution is -2.12. The van der Waals surface area contributed by atoms with Crippen LogP contribution in [-0.4, -0.2) is 30.3 Å². The molecule has 2 aromatic rings. The number of nitrogens with one attached hydrogen (secondary N) is 1. The van der Waals surface area contributed by atoms with Crippen LogP contribution in [0.2, 0.25) is 0 Å². The Kier molecular flexibility index (Phi) is 5.95. The average Bonchev–Trinajstić information content (AvgIpc) is 2.93. The predicted octanol–water partition coefficient (Wildman–Crippen LogP) is 3.77. The highest BCUT2D eigenvalue weighted by Crippen LogP contribution is 2.35. The number of hydrogen-bond donors (Lipinski definition) is 1. The third-order valence-electron chi connectivity index (χ3n) is 2.98. The summed E-state index contributed by atoms with van der Waals surface area (Å²) in [6, 6.07) is 3.27. The maximum Gasteiger partial charge on any atom is 0.257 e. The highest BCUT2D eigenvalue weighted by Gasteiger charge is 2.16. The summed E-state index contributed by atoms with van der Waals surface area (Å²) in [6.07, 6.45) is 0.841. The summed E-state index contributed by atoms with van der Waals surface area (Å²) in [6.45, 7) is 4.22. The van der Waals surface area contributed by atoms with Gasteiger partial charge in [0.05, 0.1) is 14.2 Å². The number of benzene rings is 1. The van der Waals surface area contributed by atoms with Crippen molar-refractivity contribution in [1.82, 2.24) is 10.2 Å². The first kappa shape index (κ1) is 17.7. The fourth-order valence-corrected chi connectivity index (χ4v) is 3.41. The van der Waals surface area contributed by atoms with Gasteiger partial charge in [0.25, 0.3) is 5.91 Å². The molecular weight excluding hydrogens is 382 g/mol. The van der Waals surface area contributed by atoms with Crippen LogP contribution >= 0.6 is 27.3 Å². The molecule has 8 heteroatoms. The van der Waals surface area contributed by atoms with Gasteiger partial charge >= 0.3 is 0 Å². The van der Waals surface area contributed by atoms with Crippen molar-refractivity contribution in [3.05, 3.63) is 27.2 Å². The minimum absolute atomic E-state index is 0.290. The van der Waals surface area contributed by atoms with E-state index in [0.717, 1.165) is 11.4 Å². The molecule has 1 heterocycles. The van der Waals surface area contributed by atoms with Crippen LogP contribution in [0.15, 0.2) is 16.6 Å². The minimum atomic E-state index is -0.290. The van der Waals surface area contributed by atoms with E-state index in [1.54, 1.807) is 12.1 Å². The Morgan fingerprint density at radius 2 is 1.87 bits per heavy atom. The zero-order valence-electron chi connectivity index (χ0n) is 13.3. The molecule has 0 saturated heterocycles. The third-order valence-corrected chi connectivity index (χ3v) is 4.62. The van der Waals surface area contributed by atoms with E-state index in [9.17, 15) is 4.79 Å². The van der Waals surface area contributed by atoms with Gasteiger partial charge in [0, 0.05) is 12.0 Å². The van der Waals surface area contributed by atoms with Gasteiger partial charge in [-0.1, -0.05) is 25.2 Å². The molecule has 6 nitrogen and oxygen atoms in total. The standard InChI is InChI=1S/C15H18BrN3O3S/c1-8(2)5-12-18-19-15(23-12)17-14(20)9-6-10(21-3)13(16)11(7-9)22-4/h6-8H,5H2,1-4H3,(H,17,19,20). The molecule has 23 heavy (non-hydrogen) atoms. The van der Waals surface area contributed by atoms with Gasteiger partial charge in [-0.2, -0.15) is 0 Å². The number of amides is 1. The van der Waals surface area contributed by atoms with E-state index < -0.39 is 0 Å². The Balaban J connectivity index is 2.19. The molecular formula is C15H18BrN3O3S. The molecule has 0 aliphatic rings. The number of halogens is 1. The van der Waals surface area contributed by atoms with Gasteiger partial charge in [-0.05, 0) is 34.0 Å². The number of carbonyl (C=O) groups excluding carboxylic acids is 1. The fourth-order valence-electron chi connectivity index (χ4n) is 1.91. The summed E-state index contributed by atoms with van der Waals surface area (Å²) in [7, 11) is 3.06. The van der Waals surface area contributed by atoms with Crippen LogP contribution in [0.25, 0.3) is 0 Å². The van der Waals surface area contributed by atoms with Crippen LogP contribution < -0.4 is 14.8 Å². The molecule has 0 fully saturated rings. The summed E-state index contributed by atoms with van der Waals surface area (Å²) < 4.78 is 11.1. The summed E-state index contributed by atoms with van der Waals surface area (Å²) in [5, 5.41) is 12.2. The van der Waals surface area contributed by atoms with Gasteiger partial charge < -0.3 is 9.47 Å². The third kappa shape index (κ3) is 4.42. The second-order valence-electron chi connectivity index (χ2n) is 5.25. The topological polar surface area (TPSA) is 73.3 Å². The van der Waals surface area contributed by atoms with Gasteiger partial charge in [0.15, 0.2) is 0 Å². The SMILES string of the molecule is COc1cc(C(=O)Nc2nnc(CC(C)C)s2)cc(OC)c1Br. The molecule has 1 aromatic carbocycles. The first-order valence-corrected chi connectivity index (χ1v) is 8.60. The highest BCUT2D eigenvalue weighted by molar-refractivity contribution is 9.10. The number of rotatable bonds is 6. The minimum Gasteiger partial charge on any atom is -0.495 e. The molecule has 0 spiro atoms. The lowest BCUT2D eigenvalue weighted by molar-refractivity contribution is 0.102. The number of aromatic nitrogens is 2. The van der Waals surface area contributed by atoms with Crippen LogP contribution in [-0.2, 0) is 6.42 Å². The Labute approximate surface area is 147 Å². The molecule has 0 saturated carbocycles. The van der Waals surface area contributed by atoms with E-state index in [0.29, 0.717) is 32.6 Å². The largest absolute Gasteiger partial charge is 0.495 e. The summed E-state index contributed by atoms with van der Waals surface area (Å²) >= 11 is 4.76. The number of methoxy groups -OCH3 is 2. The highest BCUT2D eigenvalue weighted by atomic mass is 79.9. The molecule has 0 atom stereocenters. The van der Waals surface area contributed by atoms with Crippen molar-refractivity contribution in [2.45, 2.75) is 20.3 Å². The van der Waals surface area contributed by atoms with E-state index in [4.69, 9.17) is 9.47 Å². The van der Waals surface area contributed by atoms with Crippen molar-refractivity contribution in [3.63, 3.8) is 0 Å². The van der Waals surface area contributed by atoms with Gasteiger partial charge in [-0.3, -0.25) is 10.1 Å². The van der Waals surface area contributed by atoms with E-state index in [1.165, 1.54) is 25.6 Å². The van der Waals surface area contributed by atoms with Crippen molar-refractivity contribution in [1.29, 1.82) is 0 Å². The van der Waals surface area contributed by atoms with Crippen molar-refractivity contribution in [2.75, 3.05) is 19.5 Å². The van der Waals surface area contributed by atoms with Gasteiger partial charge in [-0.15, -0.1) is 10.2 Å². The number of nitrogens with zero attached hydrogens (tertiary/aromatic N) is 2. The molecule has 0 aliphatic heterocycles. The molecule has 0 unspecified atom stereocenters. The average molecular weight is 400 g/mol. The molecule has 1 N–H and O–H groups in total. The Hall–Kier alpha value is -1.67. The van der Waals surface area contributed by atoms with E-state index in [2.05, 4.69) is 45.3 Å². The summed E-state index contributed by atoms with van der Waals surface area (Å²) in [4.78, 5) is 12.4. The Bertz CT molecular complexity index is 678. The monoisotopic (exact) mass is 399 g/mol. The maximum atomic E-state index is 12.4. The number of anilines is 1. The zero-order chi connectivity index (χ0) is 17.0. The summed E-state index contributed by atoms with van der Waals surface area (Å²) in [5.74, 6) is 1.24. The van der Waals surface area contributed by atoms with E-state index >= 15 is 0 Å². The first-order valence-electron chi connectivity index (χ1n) is 6.99. The molecule has 0 radical (unpaired) electrons. The van der Waals surface area contributed by atoms with Crippen LogP contribution in [0, 0.1) is 5.92 Å². The Morgan fingerprint density at radius 1 is 1.26 bits per heavy atom. The normalized spacial score (nSPS) is 10.7. The molecule has 1 amide bonds. The molecule has 0 bridgehead atoms. The predicted molar refractivity (Wildman–Crippen MR) is 93.7 cm³/mol. The zero-order valence-corrected chi connectivity index (χ0v) is 15.7. The number of ether oxygens (including phenoxy) is 2. The second kappa shape index (κ2) is 7.74.